The summed E-state index contributed by atoms with van der Waals surface area (Å²) in [5.41, 5.74) is -2.91. The van der Waals surface area contributed by atoms with Gasteiger partial charge >= 0.3 is 6.18 Å². The number of ether oxygens (including phenoxy) is 1. The maximum absolute atomic E-state index is 15.7. The molecule has 2 saturated heterocycles. The van der Waals surface area contributed by atoms with Gasteiger partial charge in [-0.05, 0) is 18.2 Å². The van der Waals surface area contributed by atoms with Crippen LogP contribution in [0.2, 0.25) is 0 Å². The van der Waals surface area contributed by atoms with Crippen molar-refractivity contribution in [3.63, 3.8) is 0 Å². The minimum absolute atomic E-state index is 0.0490. The first-order valence-corrected chi connectivity index (χ1v) is 12.2. The first kappa shape index (κ1) is 24.7. The van der Waals surface area contributed by atoms with Crippen LogP contribution in [0.4, 0.5) is 32.2 Å². The van der Waals surface area contributed by atoms with E-state index in [2.05, 4.69) is 9.97 Å². The zero-order chi connectivity index (χ0) is 25.9. The van der Waals surface area contributed by atoms with Gasteiger partial charge in [-0.15, -0.1) is 0 Å². The standard InChI is InChI=1S/C22H18F6N4O3S/c23-15-9-17-18(10-16(15)24)30-20(11-29-17)31-5-4-21(19(25)12-31)32(6-7-35-21)36(33,34)14-3-1-2-13(8-14)22(26,27)28/h1-3,8-11,19H,4-7,12H2/t19-,21+/m1/s1. The number of hydrogen-bond acceptors (Lipinski definition) is 6. The van der Waals surface area contributed by atoms with Crippen LogP contribution in [0.25, 0.3) is 11.0 Å². The molecule has 14 heteroatoms. The quantitative estimate of drug-likeness (QED) is 0.477. The van der Waals surface area contributed by atoms with Crippen molar-refractivity contribution in [2.75, 3.05) is 31.1 Å². The third kappa shape index (κ3) is 4.06. The van der Waals surface area contributed by atoms with Crippen LogP contribution in [-0.2, 0) is 20.9 Å². The average molecular weight is 532 g/mol. The average Bonchev–Trinajstić information content (AvgIpc) is 3.26. The topological polar surface area (TPSA) is 75.6 Å². The summed E-state index contributed by atoms with van der Waals surface area (Å²) in [7, 11) is -4.54. The Morgan fingerprint density at radius 3 is 2.47 bits per heavy atom. The first-order chi connectivity index (χ1) is 16.9. The molecule has 1 aromatic heterocycles. The molecule has 2 aliphatic rings. The SMILES string of the molecule is O=S(=O)(c1cccc(C(F)(F)F)c1)N1CCO[C@]12CCN(c1cnc3cc(F)c(F)cc3n1)C[C@H]2F. The van der Waals surface area contributed by atoms with Crippen molar-refractivity contribution >= 4 is 26.9 Å². The van der Waals surface area contributed by atoms with Gasteiger partial charge in [-0.25, -0.2) is 26.6 Å². The Morgan fingerprint density at radius 2 is 1.78 bits per heavy atom. The Kier molecular flexibility index (Phi) is 5.87. The van der Waals surface area contributed by atoms with Gasteiger partial charge in [-0.1, -0.05) is 6.07 Å². The van der Waals surface area contributed by atoms with Gasteiger partial charge in [0.25, 0.3) is 0 Å². The summed E-state index contributed by atoms with van der Waals surface area (Å²) < 4.78 is 115. The highest BCUT2D eigenvalue weighted by molar-refractivity contribution is 7.89. The van der Waals surface area contributed by atoms with E-state index in [0.717, 1.165) is 34.6 Å². The summed E-state index contributed by atoms with van der Waals surface area (Å²) in [5.74, 6) is -2.05. The molecule has 5 rings (SSSR count). The number of rotatable bonds is 3. The zero-order valence-corrected chi connectivity index (χ0v) is 19.2. The van der Waals surface area contributed by atoms with Gasteiger partial charge in [0.2, 0.25) is 10.0 Å². The van der Waals surface area contributed by atoms with E-state index in [1.54, 1.807) is 0 Å². The van der Waals surface area contributed by atoms with Crippen molar-refractivity contribution in [3.8, 4) is 0 Å². The first-order valence-electron chi connectivity index (χ1n) is 10.8. The van der Waals surface area contributed by atoms with Crippen LogP contribution in [-0.4, -0.2) is 60.8 Å². The molecule has 0 aliphatic carbocycles. The lowest BCUT2D eigenvalue weighted by molar-refractivity contribution is -0.137. The number of sulfonamides is 1. The van der Waals surface area contributed by atoms with E-state index < -0.39 is 50.2 Å². The molecular formula is C22H18F6N4O3S. The lowest BCUT2D eigenvalue weighted by atomic mass is 9.98. The molecule has 0 N–H and O–H groups in total. The minimum Gasteiger partial charge on any atom is -0.355 e. The second kappa shape index (κ2) is 8.56. The molecule has 0 radical (unpaired) electrons. The summed E-state index contributed by atoms with van der Waals surface area (Å²) in [6, 6.07) is 5.00. The number of halogens is 6. The van der Waals surface area contributed by atoms with Gasteiger partial charge in [0.1, 0.15) is 5.82 Å². The van der Waals surface area contributed by atoms with Gasteiger partial charge in [-0.2, -0.15) is 17.5 Å². The number of benzene rings is 2. The number of hydrogen-bond donors (Lipinski definition) is 0. The van der Waals surface area contributed by atoms with Gasteiger partial charge in [0.05, 0.1) is 40.8 Å². The predicted molar refractivity (Wildman–Crippen MR) is 115 cm³/mol. The second-order valence-electron chi connectivity index (χ2n) is 8.44. The minimum atomic E-state index is -4.76. The molecule has 0 bridgehead atoms. The van der Waals surface area contributed by atoms with Crippen molar-refractivity contribution in [2.45, 2.75) is 29.4 Å². The van der Waals surface area contributed by atoms with Crippen LogP contribution in [0, 0.1) is 11.6 Å². The van der Waals surface area contributed by atoms with E-state index in [1.807, 2.05) is 0 Å². The number of fused-ring (bicyclic) bond motifs is 1. The Labute approximate surface area is 201 Å². The fourth-order valence-electron chi connectivity index (χ4n) is 4.53. The van der Waals surface area contributed by atoms with E-state index in [1.165, 1.54) is 11.1 Å². The van der Waals surface area contributed by atoms with Crippen LogP contribution in [0.15, 0.2) is 47.5 Å². The van der Waals surface area contributed by atoms with E-state index in [0.29, 0.717) is 6.07 Å². The van der Waals surface area contributed by atoms with E-state index >= 15 is 4.39 Å². The molecule has 1 spiro atoms. The lowest BCUT2D eigenvalue weighted by Gasteiger charge is -2.45. The molecule has 2 aliphatic heterocycles. The summed E-state index contributed by atoms with van der Waals surface area (Å²) in [6.07, 6.45) is -5.56. The zero-order valence-electron chi connectivity index (χ0n) is 18.3. The van der Waals surface area contributed by atoms with Crippen LogP contribution >= 0.6 is 0 Å². The normalized spacial score (nSPS) is 23.6. The highest BCUT2D eigenvalue weighted by atomic mass is 32.2. The number of anilines is 1. The second-order valence-corrected chi connectivity index (χ2v) is 10.3. The molecular weight excluding hydrogens is 514 g/mol. The van der Waals surface area contributed by atoms with Crippen LogP contribution < -0.4 is 4.90 Å². The number of alkyl halides is 4. The third-order valence-electron chi connectivity index (χ3n) is 6.32. The molecule has 2 atom stereocenters. The monoisotopic (exact) mass is 532 g/mol. The molecule has 0 saturated carbocycles. The van der Waals surface area contributed by atoms with Crippen molar-refractivity contribution in [1.82, 2.24) is 14.3 Å². The molecule has 7 nitrogen and oxygen atoms in total. The Balaban J connectivity index is 1.42. The third-order valence-corrected chi connectivity index (χ3v) is 8.25. The highest BCUT2D eigenvalue weighted by Gasteiger charge is 2.57. The number of nitrogens with zero attached hydrogens (tertiary/aromatic N) is 4. The number of aromatic nitrogens is 2. The molecule has 0 amide bonds. The molecule has 2 fully saturated rings. The van der Waals surface area contributed by atoms with Gasteiger partial charge in [0.15, 0.2) is 23.5 Å². The summed E-state index contributed by atoms with van der Waals surface area (Å²) in [5, 5.41) is 0. The summed E-state index contributed by atoms with van der Waals surface area (Å²) >= 11 is 0. The smallest absolute Gasteiger partial charge is 0.355 e. The van der Waals surface area contributed by atoms with Gasteiger partial charge < -0.3 is 9.64 Å². The van der Waals surface area contributed by atoms with Crippen molar-refractivity contribution in [1.29, 1.82) is 0 Å². The maximum Gasteiger partial charge on any atom is 0.416 e. The van der Waals surface area contributed by atoms with Crippen LogP contribution in [0.3, 0.4) is 0 Å². The fraction of sp³-hybridized carbons (Fsp3) is 0.364. The van der Waals surface area contributed by atoms with Gasteiger partial charge in [0, 0.05) is 31.6 Å². The van der Waals surface area contributed by atoms with Crippen molar-refractivity contribution < 1.29 is 39.5 Å². The largest absolute Gasteiger partial charge is 0.416 e. The number of piperidine rings is 1. The van der Waals surface area contributed by atoms with E-state index in [4.69, 9.17) is 4.74 Å². The van der Waals surface area contributed by atoms with Gasteiger partial charge in [-0.3, -0.25) is 4.98 Å². The Bertz CT molecular complexity index is 1440. The lowest BCUT2D eigenvalue weighted by Crippen LogP contribution is -2.62. The van der Waals surface area contributed by atoms with E-state index in [-0.39, 0.29) is 49.5 Å². The highest BCUT2D eigenvalue weighted by Crippen LogP contribution is 2.41. The summed E-state index contributed by atoms with van der Waals surface area (Å²) in [6.45, 7) is -0.698. The Morgan fingerprint density at radius 1 is 1.06 bits per heavy atom. The molecule has 2 aromatic carbocycles. The van der Waals surface area contributed by atoms with Crippen LogP contribution in [0.5, 0.6) is 0 Å². The molecule has 36 heavy (non-hydrogen) atoms. The van der Waals surface area contributed by atoms with Crippen LogP contribution in [0.1, 0.15) is 12.0 Å². The maximum atomic E-state index is 15.7. The molecule has 192 valence electrons. The fourth-order valence-corrected chi connectivity index (χ4v) is 6.29. The summed E-state index contributed by atoms with van der Waals surface area (Å²) in [4.78, 5) is 9.08. The van der Waals surface area contributed by atoms with E-state index in [9.17, 15) is 30.4 Å². The predicted octanol–water partition coefficient (Wildman–Crippen LogP) is 3.89. The molecule has 0 unspecified atom stereocenters. The van der Waals surface area contributed by atoms with Crippen molar-refractivity contribution in [2.24, 2.45) is 0 Å². The van der Waals surface area contributed by atoms with Crippen molar-refractivity contribution in [3.05, 3.63) is 59.8 Å². The molecule has 3 aromatic rings. The molecule has 3 heterocycles. The Hall–Kier alpha value is -2.97.